The standard InChI is InChI=1S/C25H23N3O8/c1-13-11-24(2)19(12-36-23(29)15-8-17(27(32)33)10-18(9-15)28(34)35)21-20(13)25(21,3)22(24)14-4-6-16(7-5-14)26(30)31/h4-11,19-22H,12H2,1-3H3/t19-,20+,21-,22+,24-,25+/m0/s1. The molecule has 36 heavy (non-hydrogen) atoms. The summed E-state index contributed by atoms with van der Waals surface area (Å²) < 4.78 is 5.61. The monoisotopic (exact) mass is 493 g/mol. The van der Waals surface area contributed by atoms with Gasteiger partial charge >= 0.3 is 5.97 Å². The van der Waals surface area contributed by atoms with Crippen molar-refractivity contribution < 1.29 is 24.3 Å². The summed E-state index contributed by atoms with van der Waals surface area (Å²) in [4.78, 5) is 44.3. The lowest BCUT2D eigenvalue weighted by atomic mass is 9.59. The van der Waals surface area contributed by atoms with E-state index in [0.717, 1.165) is 23.8 Å². The molecule has 0 aromatic heterocycles. The Kier molecular flexibility index (Phi) is 5.03. The van der Waals surface area contributed by atoms with Gasteiger partial charge in [0, 0.05) is 30.2 Å². The second-order valence-corrected chi connectivity index (χ2v) is 10.4. The van der Waals surface area contributed by atoms with Crippen molar-refractivity contribution >= 4 is 23.0 Å². The van der Waals surface area contributed by atoms with Gasteiger partial charge in [-0.1, -0.05) is 37.6 Å². The van der Waals surface area contributed by atoms with Gasteiger partial charge in [0.2, 0.25) is 0 Å². The van der Waals surface area contributed by atoms with Gasteiger partial charge in [-0.15, -0.1) is 0 Å². The quantitative estimate of drug-likeness (QED) is 0.220. The molecule has 0 saturated heterocycles. The highest BCUT2D eigenvalue weighted by Gasteiger charge is 2.80. The van der Waals surface area contributed by atoms with Crippen molar-refractivity contribution in [3.05, 3.63) is 95.6 Å². The van der Waals surface area contributed by atoms with Crippen LogP contribution in [0.3, 0.4) is 0 Å². The number of non-ortho nitro benzene ring substituents is 3. The zero-order valence-electron chi connectivity index (χ0n) is 19.7. The highest BCUT2D eigenvalue weighted by molar-refractivity contribution is 5.91. The molecule has 4 aliphatic carbocycles. The first-order chi connectivity index (χ1) is 16.9. The van der Waals surface area contributed by atoms with Gasteiger partial charge in [-0.2, -0.15) is 0 Å². The van der Waals surface area contributed by atoms with Crippen LogP contribution in [0.15, 0.2) is 54.1 Å². The number of nitrogens with zero attached hydrogens (tertiary/aromatic N) is 3. The molecule has 2 aromatic rings. The first-order valence-corrected chi connectivity index (χ1v) is 11.4. The van der Waals surface area contributed by atoms with E-state index in [9.17, 15) is 35.1 Å². The van der Waals surface area contributed by atoms with E-state index >= 15 is 0 Å². The maximum absolute atomic E-state index is 12.8. The third-order valence-corrected chi connectivity index (χ3v) is 8.54. The Labute approximate surface area is 205 Å². The first-order valence-electron chi connectivity index (χ1n) is 11.4. The van der Waals surface area contributed by atoms with Crippen molar-refractivity contribution in [2.75, 3.05) is 6.61 Å². The Hall–Kier alpha value is -4.15. The minimum absolute atomic E-state index is 0.0211. The van der Waals surface area contributed by atoms with Gasteiger partial charge < -0.3 is 4.74 Å². The number of hydrogen-bond donors (Lipinski definition) is 0. The third-order valence-electron chi connectivity index (χ3n) is 8.54. The molecule has 11 nitrogen and oxygen atoms in total. The zero-order chi connectivity index (χ0) is 26.2. The van der Waals surface area contributed by atoms with Gasteiger partial charge in [0.25, 0.3) is 17.1 Å². The molecular formula is C25H23N3O8. The molecule has 2 saturated carbocycles. The average Bonchev–Trinajstić information content (AvgIpc) is 3.39. The predicted molar refractivity (Wildman–Crippen MR) is 126 cm³/mol. The van der Waals surface area contributed by atoms with Crippen LogP contribution in [0.4, 0.5) is 17.1 Å². The lowest BCUT2D eigenvalue weighted by Crippen LogP contribution is -2.39. The fraction of sp³-hybridized carbons (Fsp3) is 0.400. The van der Waals surface area contributed by atoms with E-state index in [0.29, 0.717) is 5.92 Å². The molecule has 0 unspecified atom stereocenters. The molecule has 2 aromatic carbocycles. The molecule has 2 fully saturated rings. The lowest BCUT2D eigenvalue weighted by Gasteiger charge is -2.45. The summed E-state index contributed by atoms with van der Waals surface area (Å²) in [5.74, 6) is -0.314. The Bertz CT molecular complexity index is 1340. The fourth-order valence-corrected chi connectivity index (χ4v) is 7.38. The molecule has 0 heterocycles. The summed E-state index contributed by atoms with van der Waals surface area (Å²) >= 11 is 0. The van der Waals surface area contributed by atoms with Gasteiger partial charge in [0.1, 0.15) is 0 Å². The minimum atomic E-state index is -0.858. The minimum Gasteiger partial charge on any atom is -0.462 e. The predicted octanol–water partition coefficient (Wildman–Crippen LogP) is 5.20. The number of ether oxygens (including phenoxy) is 1. The van der Waals surface area contributed by atoms with Crippen LogP contribution < -0.4 is 0 Å². The van der Waals surface area contributed by atoms with Gasteiger partial charge in [0.15, 0.2) is 0 Å². The summed E-state index contributed by atoms with van der Waals surface area (Å²) in [6.45, 7) is 6.45. The fourth-order valence-electron chi connectivity index (χ4n) is 7.38. The smallest absolute Gasteiger partial charge is 0.338 e. The number of esters is 1. The van der Waals surface area contributed by atoms with E-state index in [2.05, 4.69) is 26.8 Å². The maximum Gasteiger partial charge on any atom is 0.338 e. The SMILES string of the molecule is CC1=C[C@]2(C)[C@@H](c3ccc([N+](=O)[O-])cc3)[C@@]3(C)[C@H]([C@@H]13)[C@@H]2COC(=O)c1cc([N+](=O)[O-])cc([N+](=O)[O-])c1. The largest absolute Gasteiger partial charge is 0.462 e. The Balaban J connectivity index is 1.42. The Morgan fingerprint density at radius 3 is 2.00 bits per heavy atom. The van der Waals surface area contributed by atoms with E-state index in [1.54, 1.807) is 12.1 Å². The number of rotatable bonds is 7. The molecule has 6 rings (SSSR count). The van der Waals surface area contributed by atoms with Gasteiger partial charge in [-0.05, 0) is 41.1 Å². The molecule has 11 heteroatoms. The molecule has 0 amide bonds. The zero-order valence-corrected chi connectivity index (χ0v) is 19.7. The van der Waals surface area contributed by atoms with Crippen molar-refractivity contribution in [1.82, 2.24) is 0 Å². The van der Waals surface area contributed by atoms with Crippen LogP contribution in [0.1, 0.15) is 42.6 Å². The van der Waals surface area contributed by atoms with Crippen LogP contribution in [-0.2, 0) is 4.74 Å². The van der Waals surface area contributed by atoms with E-state index in [4.69, 9.17) is 4.74 Å². The molecule has 4 aliphatic rings. The second-order valence-electron chi connectivity index (χ2n) is 10.4. The van der Waals surface area contributed by atoms with E-state index in [1.807, 2.05) is 0 Å². The number of nitro benzene ring substituents is 3. The van der Waals surface area contributed by atoms with Gasteiger partial charge in [0.05, 0.1) is 33.0 Å². The van der Waals surface area contributed by atoms with Crippen molar-refractivity contribution in [2.45, 2.75) is 26.7 Å². The van der Waals surface area contributed by atoms with Crippen molar-refractivity contribution in [3.63, 3.8) is 0 Å². The molecule has 0 aliphatic heterocycles. The normalized spacial score (nSPS) is 31.4. The van der Waals surface area contributed by atoms with Crippen LogP contribution in [0, 0.1) is 58.9 Å². The highest BCUT2D eigenvalue weighted by atomic mass is 16.6. The highest BCUT2D eigenvalue weighted by Crippen LogP contribution is 2.85. The molecule has 0 N–H and O–H groups in total. The van der Waals surface area contributed by atoms with E-state index in [-0.39, 0.29) is 46.4 Å². The lowest BCUT2D eigenvalue weighted by molar-refractivity contribution is -0.394. The van der Waals surface area contributed by atoms with Crippen LogP contribution >= 0.6 is 0 Å². The molecular weight excluding hydrogens is 470 g/mol. The van der Waals surface area contributed by atoms with Crippen molar-refractivity contribution in [2.24, 2.45) is 28.6 Å². The topological polar surface area (TPSA) is 156 Å². The Morgan fingerprint density at radius 1 is 0.917 bits per heavy atom. The molecule has 0 spiro atoms. The molecule has 0 radical (unpaired) electrons. The molecule has 4 bridgehead atoms. The maximum atomic E-state index is 12.8. The summed E-state index contributed by atoms with van der Waals surface area (Å²) in [6, 6.07) is 9.35. The summed E-state index contributed by atoms with van der Waals surface area (Å²) in [6.07, 6.45) is 2.21. The number of hydrogen-bond acceptors (Lipinski definition) is 8. The number of allylic oxidation sites excluding steroid dienone is 2. The third kappa shape index (κ3) is 3.22. The van der Waals surface area contributed by atoms with E-state index in [1.165, 1.54) is 17.7 Å². The van der Waals surface area contributed by atoms with Crippen LogP contribution in [0.5, 0.6) is 0 Å². The average molecular weight is 493 g/mol. The summed E-state index contributed by atoms with van der Waals surface area (Å²) in [5.41, 5.74) is 0.442. The van der Waals surface area contributed by atoms with Crippen LogP contribution in [-0.4, -0.2) is 27.3 Å². The number of carbonyl (C=O) groups excluding carboxylic acids is 1. The second kappa shape index (κ2) is 7.67. The first kappa shape index (κ1) is 23.6. The number of nitro groups is 3. The van der Waals surface area contributed by atoms with Crippen LogP contribution in [0.2, 0.25) is 0 Å². The molecule has 6 atom stereocenters. The summed E-state index contributed by atoms with van der Waals surface area (Å²) in [5, 5.41) is 33.5. The Morgan fingerprint density at radius 2 is 1.47 bits per heavy atom. The number of carbonyl (C=O) groups is 1. The van der Waals surface area contributed by atoms with Gasteiger partial charge in [-0.3, -0.25) is 30.3 Å². The molecule has 186 valence electrons. The van der Waals surface area contributed by atoms with E-state index < -0.39 is 32.1 Å². The summed E-state index contributed by atoms with van der Waals surface area (Å²) in [7, 11) is 0. The van der Waals surface area contributed by atoms with Crippen LogP contribution in [0.25, 0.3) is 0 Å². The van der Waals surface area contributed by atoms with Gasteiger partial charge in [-0.25, -0.2) is 4.79 Å². The number of benzene rings is 2. The van der Waals surface area contributed by atoms with Crippen molar-refractivity contribution in [3.8, 4) is 0 Å². The van der Waals surface area contributed by atoms with Crippen molar-refractivity contribution in [1.29, 1.82) is 0 Å².